The molecule has 1 amide bonds. The summed E-state index contributed by atoms with van der Waals surface area (Å²) in [6.45, 7) is 1.78. The van der Waals surface area contributed by atoms with E-state index in [4.69, 9.17) is 0 Å². The monoisotopic (exact) mass is 283 g/mol. The highest BCUT2D eigenvalue weighted by Gasteiger charge is 2.16. The van der Waals surface area contributed by atoms with E-state index in [0.29, 0.717) is 5.69 Å². The van der Waals surface area contributed by atoms with Gasteiger partial charge in [-0.1, -0.05) is 23.1 Å². The summed E-state index contributed by atoms with van der Waals surface area (Å²) >= 11 is 2.73. The minimum Gasteiger partial charge on any atom is -0.325 e. The van der Waals surface area contributed by atoms with Gasteiger partial charge in [0, 0.05) is 5.69 Å². The number of anilines is 1. The van der Waals surface area contributed by atoms with Gasteiger partial charge < -0.3 is 5.32 Å². The number of carbonyl (C=O) groups is 1. The summed E-state index contributed by atoms with van der Waals surface area (Å²) in [7, 11) is 0. The number of hydrogen-bond acceptors (Lipinski definition) is 5. The number of hydrogen-bond donors (Lipinski definition) is 1. The standard InChI is InChI=1S/C11H10FN3OS2/c1-7(18-11-15-13-6-17-11)10(16)14-9-4-2-8(12)3-5-9/h2-7H,1H3,(H,14,16)/t7-/m1/s1. The Labute approximate surface area is 112 Å². The topological polar surface area (TPSA) is 54.9 Å². The second kappa shape index (κ2) is 5.92. The van der Waals surface area contributed by atoms with Gasteiger partial charge in [0.15, 0.2) is 4.34 Å². The fourth-order valence-electron chi connectivity index (χ4n) is 1.20. The molecule has 0 fully saturated rings. The highest BCUT2D eigenvalue weighted by atomic mass is 32.2. The van der Waals surface area contributed by atoms with E-state index in [-0.39, 0.29) is 17.0 Å². The molecule has 2 aromatic rings. The van der Waals surface area contributed by atoms with Crippen LogP contribution < -0.4 is 5.32 Å². The zero-order valence-corrected chi connectivity index (χ0v) is 11.1. The van der Waals surface area contributed by atoms with Crippen molar-refractivity contribution >= 4 is 34.7 Å². The van der Waals surface area contributed by atoms with Crippen molar-refractivity contribution in [3.8, 4) is 0 Å². The molecule has 1 aromatic heterocycles. The second-order valence-corrected chi connectivity index (χ2v) is 5.88. The van der Waals surface area contributed by atoms with Gasteiger partial charge in [0.2, 0.25) is 5.91 Å². The molecule has 0 bridgehead atoms. The minimum absolute atomic E-state index is 0.151. The highest BCUT2D eigenvalue weighted by molar-refractivity contribution is 8.02. The van der Waals surface area contributed by atoms with Gasteiger partial charge in [-0.25, -0.2) is 4.39 Å². The number of nitrogens with zero attached hydrogens (tertiary/aromatic N) is 2. The van der Waals surface area contributed by atoms with E-state index in [1.807, 2.05) is 0 Å². The summed E-state index contributed by atoms with van der Waals surface area (Å²) in [5.74, 6) is -0.480. The molecule has 0 spiro atoms. The number of rotatable bonds is 4. The Balaban J connectivity index is 1.93. The number of halogens is 1. The lowest BCUT2D eigenvalue weighted by molar-refractivity contribution is -0.115. The molecule has 7 heteroatoms. The number of benzene rings is 1. The van der Waals surface area contributed by atoms with Crippen LogP contribution in [0.1, 0.15) is 6.92 Å². The van der Waals surface area contributed by atoms with Gasteiger partial charge in [0.1, 0.15) is 11.3 Å². The molecule has 18 heavy (non-hydrogen) atoms. The highest BCUT2D eigenvalue weighted by Crippen LogP contribution is 2.24. The van der Waals surface area contributed by atoms with E-state index in [0.717, 1.165) is 4.34 Å². The van der Waals surface area contributed by atoms with Crippen LogP contribution in [-0.2, 0) is 4.79 Å². The van der Waals surface area contributed by atoms with E-state index in [1.165, 1.54) is 47.4 Å². The fraction of sp³-hybridized carbons (Fsp3) is 0.182. The van der Waals surface area contributed by atoms with Gasteiger partial charge in [-0.2, -0.15) is 0 Å². The third kappa shape index (κ3) is 3.51. The summed E-state index contributed by atoms with van der Waals surface area (Å²) in [5.41, 5.74) is 2.19. The first-order valence-electron chi connectivity index (χ1n) is 5.14. The molecule has 0 radical (unpaired) electrons. The van der Waals surface area contributed by atoms with Crippen LogP contribution in [0.25, 0.3) is 0 Å². The molecular formula is C11H10FN3OS2. The molecule has 0 aliphatic heterocycles. The number of aromatic nitrogens is 2. The SMILES string of the molecule is C[C@@H](Sc1nncs1)C(=O)Nc1ccc(F)cc1. The van der Waals surface area contributed by atoms with Crippen molar-refractivity contribution in [2.75, 3.05) is 5.32 Å². The van der Waals surface area contributed by atoms with Crippen molar-refractivity contribution in [1.82, 2.24) is 10.2 Å². The summed E-state index contributed by atoms with van der Waals surface area (Å²) < 4.78 is 13.5. The molecule has 1 atom stereocenters. The van der Waals surface area contributed by atoms with E-state index in [1.54, 1.807) is 12.4 Å². The third-order valence-corrected chi connectivity index (χ3v) is 4.01. The van der Waals surface area contributed by atoms with Crippen molar-refractivity contribution in [3.63, 3.8) is 0 Å². The van der Waals surface area contributed by atoms with Crippen LogP contribution in [-0.4, -0.2) is 21.4 Å². The summed E-state index contributed by atoms with van der Waals surface area (Å²) in [6.07, 6.45) is 0. The predicted molar refractivity (Wildman–Crippen MR) is 70.3 cm³/mol. The number of thioether (sulfide) groups is 1. The van der Waals surface area contributed by atoms with Crippen molar-refractivity contribution in [2.24, 2.45) is 0 Å². The first kappa shape index (κ1) is 13.0. The third-order valence-electron chi connectivity index (χ3n) is 2.10. The van der Waals surface area contributed by atoms with Crippen molar-refractivity contribution < 1.29 is 9.18 Å². The van der Waals surface area contributed by atoms with E-state index >= 15 is 0 Å². The quantitative estimate of drug-likeness (QED) is 0.877. The summed E-state index contributed by atoms with van der Waals surface area (Å²) in [6, 6.07) is 5.65. The van der Waals surface area contributed by atoms with Crippen molar-refractivity contribution in [3.05, 3.63) is 35.6 Å². The molecule has 0 unspecified atom stereocenters. The Morgan fingerprint density at radius 2 is 2.17 bits per heavy atom. The smallest absolute Gasteiger partial charge is 0.237 e. The normalized spacial score (nSPS) is 12.1. The van der Waals surface area contributed by atoms with Gasteiger partial charge in [0.05, 0.1) is 5.25 Å². The lowest BCUT2D eigenvalue weighted by atomic mass is 10.3. The van der Waals surface area contributed by atoms with Gasteiger partial charge in [0.25, 0.3) is 0 Å². The molecule has 0 aliphatic carbocycles. The molecule has 0 saturated carbocycles. The summed E-state index contributed by atoms with van der Waals surface area (Å²) in [5, 5.41) is 9.98. The molecule has 1 aromatic carbocycles. The fourth-order valence-corrected chi connectivity index (χ4v) is 2.82. The average molecular weight is 283 g/mol. The maximum atomic E-state index is 12.7. The van der Waals surface area contributed by atoms with Gasteiger partial charge in [-0.3, -0.25) is 4.79 Å². The molecule has 94 valence electrons. The largest absolute Gasteiger partial charge is 0.325 e. The maximum Gasteiger partial charge on any atom is 0.237 e. The van der Waals surface area contributed by atoms with Crippen molar-refractivity contribution in [1.29, 1.82) is 0 Å². The van der Waals surface area contributed by atoms with Crippen LogP contribution in [0, 0.1) is 5.82 Å². The van der Waals surface area contributed by atoms with E-state index in [2.05, 4.69) is 15.5 Å². The molecule has 1 heterocycles. The number of nitrogens with one attached hydrogen (secondary N) is 1. The minimum atomic E-state index is -0.329. The molecule has 4 nitrogen and oxygen atoms in total. The summed E-state index contributed by atoms with van der Waals surface area (Å²) in [4.78, 5) is 11.9. The molecule has 0 aliphatic rings. The van der Waals surface area contributed by atoms with Crippen LogP contribution in [0.15, 0.2) is 34.1 Å². The maximum absolute atomic E-state index is 12.7. The Morgan fingerprint density at radius 1 is 1.44 bits per heavy atom. The Bertz CT molecular complexity index is 516. The van der Waals surface area contributed by atoms with Crippen LogP contribution >= 0.6 is 23.1 Å². The first-order chi connectivity index (χ1) is 8.65. The van der Waals surface area contributed by atoms with Gasteiger partial charge >= 0.3 is 0 Å². The number of carbonyl (C=O) groups excluding carboxylic acids is 1. The first-order valence-corrected chi connectivity index (χ1v) is 6.90. The number of amides is 1. The van der Waals surface area contributed by atoms with Gasteiger partial charge in [-0.05, 0) is 31.2 Å². The Kier molecular flexibility index (Phi) is 4.27. The van der Waals surface area contributed by atoms with Crippen LogP contribution in [0.4, 0.5) is 10.1 Å². The predicted octanol–water partition coefficient (Wildman–Crippen LogP) is 2.80. The van der Waals surface area contributed by atoms with Crippen LogP contribution in [0.2, 0.25) is 0 Å². The lowest BCUT2D eigenvalue weighted by Gasteiger charge is -2.10. The van der Waals surface area contributed by atoms with Crippen LogP contribution in [0.3, 0.4) is 0 Å². The molecule has 2 rings (SSSR count). The van der Waals surface area contributed by atoms with Crippen molar-refractivity contribution in [2.45, 2.75) is 16.5 Å². The second-order valence-electron chi connectivity index (χ2n) is 3.46. The average Bonchev–Trinajstić information content (AvgIpc) is 2.85. The Morgan fingerprint density at radius 3 is 2.78 bits per heavy atom. The zero-order chi connectivity index (χ0) is 13.0. The zero-order valence-electron chi connectivity index (χ0n) is 9.46. The lowest BCUT2D eigenvalue weighted by Crippen LogP contribution is -2.22. The Hall–Kier alpha value is -1.47. The van der Waals surface area contributed by atoms with E-state index < -0.39 is 0 Å². The van der Waals surface area contributed by atoms with E-state index in [9.17, 15) is 9.18 Å². The molecule has 0 saturated heterocycles. The van der Waals surface area contributed by atoms with Crippen LogP contribution in [0.5, 0.6) is 0 Å². The van der Waals surface area contributed by atoms with Gasteiger partial charge in [-0.15, -0.1) is 10.2 Å². The molecular weight excluding hydrogens is 273 g/mol. The molecule has 1 N–H and O–H groups in total.